The predicted octanol–water partition coefficient (Wildman–Crippen LogP) is 5.97. The first kappa shape index (κ1) is 22.1. The molecule has 1 atom stereocenters. The van der Waals surface area contributed by atoms with E-state index in [1.807, 2.05) is 0 Å². The summed E-state index contributed by atoms with van der Waals surface area (Å²) in [5, 5.41) is 0. The van der Waals surface area contributed by atoms with Gasteiger partial charge in [0, 0.05) is 0 Å². The number of phosphoric acid groups is 1. The summed E-state index contributed by atoms with van der Waals surface area (Å²) in [6.07, 6.45) is 15.7. The molecule has 0 heterocycles. The zero-order valence-corrected chi connectivity index (χ0v) is 15.5. The third-order valence-corrected chi connectivity index (χ3v) is 4.62. The molecule has 0 spiro atoms. The van der Waals surface area contributed by atoms with Crippen LogP contribution < -0.4 is 0 Å². The van der Waals surface area contributed by atoms with Gasteiger partial charge in [-0.1, -0.05) is 90.9 Å². The van der Waals surface area contributed by atoms with Gasteiger partial charge in [0.25, 0.3) is 0 Å². The topological polar surface area (TPSA) is 66.8 Å². The zero-order chi connectivity index (χ0) is 16.7. The van der Waals surface area contributed by atoms with Crippen molar-refractivity contribution in [3.05, 3.63) is 0 Å². The molecule has 0 radical (unpaired) electrons. The fraction of sp³-hybridized carbons (Fsp3) is 1.00. The Balaban J connectivity index is 3.67. The Morgan fingerprint density at radius 3 is 1.55 bits per heavy atom. The second-order valence-corrected chi connectivity index (χ2v) is 7.52. The van der Waals surface area contributed by atoms with Crippen LogP contribution in [0.1, 0.15) is 104 Å². The number of hydrogen-bond donors (Lipinski definition) is 2. The van der Waals surface area contributed by atoms with Crippen LogP contribution >= 0.6 is 7.82 Å². The molecule has 0 bridgehead atoms. The molecule has 0 saturated carbocycles. The molecule has 0 amide bonds. The van der Waals surface area contributed by atoms with E-state index in [9.17, 15) is 4.57 Å². The summed E-state index contributed by atoms with van der Waals surface area (Å²) in [6, 6.07) is 0. The second kappa shape index (κ2) is 14.7. The third-order valence-electron chi connectivity index (χ3n) is 4.05. The van der Waals surface area contributed by atoms with Crippen LogP contribution in [0.25, 0.3) is 0 Å². The van der Waals surface area contributed by atoms with Gasteiger partial charge in [-0.3, -0.25) is 4.52 Å². The normalized spacial score (nSPS) is 13.5. The Labute approximate surface area is 137 Å². The van der Waals surface area contributed by atoms with Crippen LogP contribution in [0.2, 0.25) is 0 Å². The summed E-state index contributed by atoms with van der Waals surface area (Å²) in [7, 11) is -4.35. The van der Waals surface area contributed by atoms with E-state index in [2.05, 4.69) is 13.8 Å². The molecule has 2 N–H and O–H groups in total. The standard InChI is InChI=1S/C17H37O4P/c1-3-5-7-8-9-10-11-12-14-16-17(15-13-6-4-2)21-22(18,19)20/h17H,3-16H2,1-2H3,(H2,18,19,20). The highest BCUT2D eigenvalue weighted by Crippen LogP contribution is 2.39. The van der Waals surface area contributed by atoms with Gasteiger partial charge in [0.2, 0.25) is 0 Å². The van der Waals surface area contributed by atoms with E-state index in [0.29, 0.717) is 0 Å². The minimum atomic E-state index is -4.35. The van der Waals surface area contributed by atoms with Crippen molar-refractivity contribution >= 4 is 7.82 Å². The molecule has 134 valence electrons. The summed E-state index contributed by atoms with van der Waals surface area (Å²) < 4.78 is 15.9. The van der Waals surface area contributed by atoms with Crippen molar-refractivity contribution in [1.29, 1.82) is 0 Å². The molecule has 0 aromatic carbocycles. The number of unbranched alkanes of at least 4 members (excludes halogenated alkanes) is 10. The minimum Gasteiger partial charge on any atom is -0.303 e. The molecule has 5 heteroatoms. The van der Waals surface area contributed by atoms with Crippen LogP contribution in [0.3, 0.4) is 0 Å². The number of hydrogen-bond acceptors (Lipinski definition) is 2. The van der Waals surface area contributed by atoms with Gasteiger partial charge in [0.1, 0.15) is 0 Å². The average Bonchev–Trinajstić information content (AvgIpc) is 2.44. The maximum atomic E-state index is 11.0. The molecule has 0 aromatic heterocycles. The van der Waals surface area contributed by atoms with Crippen molar-refractivity contribution in [2.24, 2.45) is 0 Å². The first-order valence-electron chi connectivity index (χ1n) is 9.23. The van der Waals surface area contributed by atoms with Crippen LogP contribution in [0.5, 0.6) is 0 Å². The summed E-state index contributed by atoms with van der Waals surface area (Å²) in [5.74, 6) is 0. The van der Waals surface area contributed by atoms with Crippen LogP contribution in [0.4, 0.5) is 0 Å². The van der Waals surface area contributed by atoms with E-state index in [0.717, 1.165) is 44.9 Å². The van der Waals surface area contributed by atoms with Crippen molar-refractivity contribution in [2.45, 2.75) is 110 Å². The first-order chi connectivity index (χ1) is 10.5. The third kappa shape index (κ3) is 16.5. The molecule has 1 unspecified atom stereocenters. The second-order valence-electron chi connectivity index (χ2n) is 6.33. The van der Waals surface area contributed by atoms with Gasteiger partial charge in [-0.05, 0) is 12.8 Å². The minimum absolute atomic E-state index is 0.281. The van der Waals surface area contributed by atoms with Gasteiger partial charge in [-0.2, -0.15) is 0 Å². The molecule has 0 fully saturated rings. The fourth-order valence-electron chi connectivity index (χ4n) is 2.75. The van der Waals surface area contributed by atoms with Gasteiger partial charge in [-0.15, -0.1) is 0 Å². The monoisotopic (exact) mass is 336 g/mol. The van der Waals surface area contributed by atoms with Gasteiger partial charge < -0.3 is 9.79 Å². The molecule has 0 saturated heterocycles. The Kier molecular flexibility index (Phi) is 14.8. The molecule has 4 nitrogen and oxygen atoms in total. The van der Waals surface area contributed by atoms with Crippen molar-refractivity contribution < 1.29 is 18.9 Å². The van der Waals surface area contributed by atoms with Crippen LogP contribution in [0.15, 0.2) is 0 Å². The number of phosphoric ester groups is 1. The van der Waals surface area contributed by atoms with Gasteiger partial charge in [-0.25, -0.2) is 4.57 Å². The quantitative estimate of drug-likeness (QED) is 0.269. The Morgan fingerprint density at radius 2 is 1.09 bits per heavy atom. The van der Waals surface area contributed by atoms with Crippen molar-refractivity contribution in [1.82, 2.24) is 0 Å². The molecule has 0 aliphatic heterocycles. The van der Waals surface area contributed by atoms with Crippen molar-refractivity contribution in [3.8, 4) is 0 Å². The SMILES string of the molecule is CCCCCCCCCCCC(CCCCC)OP(=O)(O)O. The predicted molar refractivity (Wildman–Crippen MR) is 92.9 cm³/mol. The maximum Gasteiger partial charge on any atom is 0.469 e. The van der Waals surface area contributed by atoms with E-state index in [4.69, 9.17) is 14.3 Å². The number of rotatable bonds is 16. The molecular weight excluding hydrogens is 299 g/mol. The highest BCUT2D eigenvalue weighted by molar-refractivity contribution is 7.46. The smallest absolute Gasteiger partial charge is 0.303 e. The van der Waals surface area contributed by atoms with Gasteiger partial charge in [0.15, 0.2) is 0 Å². The molecule has 0 aromatic rings. The lowest BCUT2D eigenvalue weighted by molar-refractivity contribution is 0.115. The Bertz CT molecular complexity index is 278. The van der Waals surface area contributed by atoms with Crippen molar-refractivity contribution in [3.63, 3.8) is 0 Å². The summed E-state index contributed by atoms with van der Waals surface area (Å²) in [4.78, 5) is 18.0. The Hall–Kier alpha value is 0.110. The molecule has 0 rings (SSSR count). The van der Waals surface area contributed by atoms with Crippen LogP contribution in [-0.4, -0.2) is 15.9 Å². The van der Waals surface area contributed by atoms with E-state index >= 15 is 0 Å². The van der Waals surface area contributed by atoms with Crippen LogP contribution in [-0.2, 0) is 9.09 Å². The fourth-order valence-corrected chi connectivity index (χ4v) is 3.35. The lowest BCUT2D eigenvalue weighted by Gasteiger charge is -2.18. The van der Waals surface area contributed by atoms with E-state index < -0.39 is 7.82 Å². The van der Waals surface area contributed by atoms with Gasteiger partial charge >= 0.3 is 7.82 Å². The zero-order valence-electron chi connectivity index (χ0n) is 14.6. The highest BCUT2D eigenvalue weighted by atomic mass is 31.2. The molecule has 0 aliphatic carbocycles. The highest BCUT2D eigenvalue weighted by Gasteiger charge is 2.21. The summed E-state index contributed by atoms with van der Waals surface area (Å²) in [5.41, 5.74) is 0. The van der Waals surface area contributed by atoms with Crippen molar-refractivity contribution in [2.75, 3.05) is 0 Å². The summed E-state index contributed by atoms with van der Waals surface area (Å²) >= 11 is 0. The molecular formula is C17H37O4P. The maximum absolute atomic E-state index is 11.0. The Morgan fingerprint density at radius 1 is 0.727 bits per heavy atom. The van der Waals surface area contributed by atoms with Gasteiger partial charge in [0.05, 0.1) is 6.10 Å². The molecule has 22 heavy (non-hydrogen) atoms. The van der Waals surface area contributed by atoms with Crippen LogP contribution in [0, 0.1) is 0 Å². The average molecular weight is 336 g/mol. The van der Waals surface area contributed by atoms with E-state index in [1.165, 1.54) is 44.9 Å². The lowest BCUT2D eigenvalue weighted by atomic mass is 10.0. The molecule has 0 aliphatic rings. The lowest BCUT2D eigenvalue weighted by Crippen LogP contribution is -2.11. The largest absolute Gasteiger partial charge is 0.469 e. The van der Waals surface area contributed by atoms with E-state index in [1.54, 1.807) is 0 Å². The van der Waals surface area contributed by atoms with E-state index in [-0.39, 0.29) is 6.10 Å². The first-order valence-corrected chi connectivity index (χ1v) is 10.8. The summed E-state index contributed by atoms with van der Waals surface area (Å²) in [6.45, 7) is 4.36.